The van der Waals surface area contributed by atoms with E-state index in [4.69, 9.17) is 10.2 Å². The summed E-state index contributed by atoms with van der Waals surface area (Å²) in [6.07, 6.45) is 0. The molecule has 0 spiro atoms. The van der Waals surface area contributed by atoms with Crippen molar-refractivity contribution in [2.75, 3.05) is 23.8 Å². The molecule has 0 aliphatic heterocycles. The van der Waals surface area contributed by atoms with Gasteiger partial charge in [-0.2, -0.15) is 0 Å². The van der Waals surface area contributed by atoms with Gasteiger partial charge in [0.05, 0.1) is 23.7 Å². The zero-order valence-corrected chi connectivity index (χ0v) is 11.5. The summed E-state index contributed by atoms with van der Waals surface area (Å²) in [6.45, 7) is 3.34. The first-order valence-electron chi connectivity index (χ1n) is 6.26. The summed E-state index contributed by atoms with van der Waals surface area (Å²) in [5.41, 5.74) is 7.41. The zero-order chi connectivity index (χ0) is 14.7. The zero-order valence-electron chi connectivity index (χ0n) is 11.5. The number of hydrogen-bond donors (Lipinski definition) is 2. The number of aliphatic hydroxyl groups excluding tert-OH is 1. The molecule has 106 valence electrons. The molecule has 0 bridgehead atoms. The Bertz CT molecular complexity index is 622. The summed E-state index contributed by atoms with van der Waals surface area (Å²) in [5.74, 6) is 0.227. The van der Waals surface area contributed by atoms with Crippen LogP contribution in [-0.4, -0.2) is 29.1 Å². The molecule has 0 radical (unpaired) electrons. The third kappa shape index (κ3) is 2.65. The van der Waals surface area contributed by atoms with Crippen molar-refractivity contribution >= 4 is 17.3 Å². The predicted molar refractivity (Wildman–Crippen MR) is 75.6 cm³/mol. The highest BCUT2D eigenvalue weighted by Crippen LogP contribution is 2.25. The van der Waals surface area contributed by atoms with E-state index in [0.29, 0.717) is 23.0 Å². The Kier molecular flexibility index (Phi) is 4.05. The highest BCUT2D eigenvalue weighted by atomic mass is 16.4. The third-order valence-electron chi connectivity index (χ3n) is 2.89. The Hall–Kier alpha value is -2.34. The van der Waals surface area contributed by atoms with Gasteiger partial charge in [-0.15, -0.1) is 0 Å². The molecule has 0 fully saturated rings. The molecule has 20 heavy (non-hydrogen) atoms. The first-order valence-corrected chi connectivity index (χ1v) is 6.26. The molecule has 1 aromatic carbocycles. The second-order valence-corrected chi connectivity index (χ2v) is 4.39. The Balaban J connectivity index is 2.41. The van der Waals surface area contributed by atoms with Crippen molar-refractivity contribution in [1.82, 2.24) is 4.98 Å². The number of hydrogen-bond acceptors (Lipinski definition) is 5. The molecule has 1 amide bonds. The maximum atomic E-state index is 12.5. The minimum Gasteiger partial charge on any atom is -0.436 e. The molecule has 2 aromatic rings. The minimum absolute atomic E-state index is 0.131. The van der Waals surface area contributed by atoms with Crippen LogP contribution in [0.4, 0.5) is 11.4 Å². The molecule has 3 N–H and O–H groups in total. The fourth-order valence-electron chi connectivity index (χ4n) is 2.02. The number of anilines is 2. The van der Waals surface area contributed by atoms with Gasteiger partial charge in [-0.3, -0.25) is 4.79 Å². The molecule has 0 atom stereocenters. The highest BCUT2D eigenvalue weighted by molar-refractivity contribution is 6.06. The molecule has 6 heteroatoms. The van der Waals surface area contributed by atoms with E-state index in [9.17, 15) is 9.90 Å². The fourth-order valence-corrected chi connectivity index (χ4v) is 2.02. The van der Waals surface area contributed by atoms with Gasteiger partial charge in [0.15, 0.2) is 5.89 Å². The number of aromatic nitrogens is 1. The van der Waals surface area contributed by atoms with E-state index in [1.807, 2.05) is 0 Å². The van der Waals surface area contributed by atoms with Gasteiger partial charge >= 0.3 is 0 Å². The molecule has 1 heterocycles. The first kappa shape index (κ1) is 14.1. The molecular formula is C14H17N3O3. The number of aryl methyl sites for hydroxylation is 2. The van der Waals surface area contributed by atoms with Gasteiger partial charge < -0.3 is 20.2 Å². The van der Waals surface area contributed by atoms with Crippen LogP contribution in [0.3, 0.4) is 0 Å². The number of oxazole rings is 1. The van der Waals surface area contributed by atoms with Gasteiger partial charge in [-0.05, 0) is 19.1 Å². The van der Waals surface area contributed by atoms with E-state index < -0.39 is 0 Å². The Labute approximate surface area is 116 Å². The average molecular weight is 275 g/mol. The highest BCUT2D eigenvalue weighted by Gasteiger charge is 2.24. The lowest BCUT2D eigenvalue weighted by Gasteiger charge is -2.22. The van der Waals surface area contributed by atoms with Crippen molar-refractivity contribution in [2.45, 2.75) is 13.8 Å². The molecule has 0 aliphatic rings. The lowest BCUT2D eigenvalue weighted by molar-refractivity contribution is 0.0952. The van der Waals surface area contributed by atoms with Crippen molar-refractivity contribution in [3.8, 4) is 0 Å². The largest absolute Gasteiger partial charge is 0.436 e. The summed E-state index contributed by atoms with van der Waals surface area (Å²) >= 11 is 0. The lowest BCUT2D eigenvalue weighted by atomic mass is 10.2. The molecule has 0 saturated heterocycles. The molecule has 0 aliphatic carbocycles. The predicted octanol–water partition coefficient (Wildman–Crippen LogP) is 1.51. The summed E-state index contributed by atoms with van der Waals surface area (Å²) in [7, 11) is 0. The van der Waals surface area contributed by atoms with Crippen molar-refractivity contribution in [1.29, 1.82) is 0 Å². The normalized spacial score (nSPS) is 10.6. The van der Waals surface area contributed by atoms with Crippen LogP contribution in [0.2, 0.25) is 0 Å². The maximum absolute atomic E-state index is 12.5. The van der Waals surface area contributed by atoms with Gasteiger partial charge in [0.1, 0.15) is 0 Å². The van der Waals surface area contributed by atoms with Gasteiger partial charge in [-0.1, -0.05) is 12.1 Å². The van der Waals surface area contributed by atoms with E-state index in [1.165, 1.54) is 4.90 Å². The Morgan fingerprint density at radius 2 is 2.10 bits per heavy atom. The van der Waals surface area contributed by atoms with Crippen LogP contribution in [0.25, 0.3) is 0 Å². The van der Waals surface area contributed by atoms with Gasteiger partial charge in [0.25, 0.3) is 5.91 Å². The number of nitrogen functional groups attached to an aromatic ring is 1. The Morgan fingerprint density at radius 1 is 1.40 bits per heavy atom. The number of rotatable bonds is 4. The average Bonchev–Trinajstić information content (AvgIpc) is 2.75. The van der Waals surface area contributed by atoms with Crippen LogP contribution in [0, 0.1) is 13.8 Å². The van der Waals surface area contributed by atoms with E-state index in [1.54, 1.807) is 38.1 Å². The van der Waals surface area contributed by atoms with Crippen molar-refractivity contribution < 1.29 is 14.3 Å². The number of aliphatic hydroxyl groups is 1. The number of nitrogens with zero attached hydrogens (tertiary/aromatic N) is 2. The van der Waals surface area contributed by atoms with Crippen LogP contribution in [-0.2, 0) is 0 Å². The fraction of sp³-hybridized carbons (Fsp3) is 0.286. The van der Waals surface area contributed by atoms with Crippen LogP contribution >= 0.6 is 0 Å². The molecule has 0 unspecified atom stereocenters. The smallest absolute Gasteiger partial charge is 0.296 e. The van der Waals surface area contributed by atoms with Crippen LogP contribution in [0.5, 0.6) is 0 Å². The Morgan fingerprint density at radius 3 is 2.65 bits per heavy atom. The molecule has 6 nitrogen and oxygen atoms in total. The number of nitrogens with two attached hydrogens (primary N) is 1. The first-order chi connectivity index (χ1) is 9.54. The van der Waals surface area contributed by atoms with Gasteiger partial charge in [0.2, 0.25) is 5.76 Å². The quantitative estimate of drug-likeness (QED) is 0.825. The molecule has 0 saturated carbocycles. The van der Waals surface area contributed by atoms with Crippen molar-refractivity contribution in [3.05, 3.63) is 41.6 Å². The topological polar surface area (TPSA) is 92.6 Å². The van der Waals surface area contributed by atoms with Crippen molar-refractivity contribution in [2.24, 2.45) is 0 Å². The van der Waals surface area contributed by atoms with E-state index in [-0.39, 0.29) is 24.8 Å². The van der Waals surface area contributed by atoms with Gasteiger partial charge in [-0.25, -0.2) is 4.98 Å². The molecular weight excluding hydrogens is 258 g/mol. The lowest BCUT2D eigenvalue weighted by Crippen LogP contribution is -2.34. The summed E-state index contributed by atoms with van der Waals surface area (Å²) in [4.78, 5) is 18.0. The van der Waals surface area contributed by atoms with E-state index >= 15 is 0 Å². The SMILES string of the molecule is Cc1nc(C)c(C(=O)N(CCO)c2ccccc2N)o1. The van der Waals surface area contributed by atoms with Crippen LogP contribution < -0.4 is 10.6 Å². The van der Waals surface area contributed by atoms with Crippen molar-refractivity contribution in [3.63, 3.8) is 0 Å². The van der Waals surface area contributed by atoms with E-state index in [2.05, 4.69) is 4.98 Å². The standard InChI is InChI=1S/C14H17N3O3/c1-9-13(20-10(2)16-9)14(19)17(7-8-18)12-6-4-3-5-11(12)15/h3-6,18H,7-8,15H2,1-2H3. The second kappa shape index (κ2) is 5.75. The molecule has 2 rings (SSSR count). The number of carbonyl (C=O) groups is 1. The van der Waals surface area contributed by atoms with E-state index in [0.717, 1.165) is 0 Å². The summed E-state index contributed by atoms with van der Waals surface area (Å²) in [5, 5.41) is 9.18. The second-order valence-electron chi connectivity index (χ2n) is 4.39. The summed E-state index contributed by atoms with van der Waals surface area (Å²) < 4.78 is 5.34. The monoisotopic (exact) mass is 275 g/mol. The number of para-hydroxylation sites is 2. The molecule has 1 aromatic heterocycles. The van der Waals surface area contributed by atoms with Crippen LogP contribution in [0.1, 0.15) is 22.1 Å². The third-order valence-corrected chi connectivity index (χ3v) is 2.89. The number of benzene rings is 1. The maximum Gasteiger partial charge on any atom is 0.296 e. The summed E-state index contributed by atoms with van der Waals surface area (Å²) in [6, 6.07) is 6.99. The minimum atomic E-state index is -0.366. The van der Waals surface area contributed by atoms with Crippen LogP contribution in [0.15, 0.2) is 28.7 Å². The number of amides is 1. The number of carbonyl (C=O) groups excluding carboxylic acids is 1. The van der Waals surface area contributed by atoms with Gasteiger partial charge in [0, 0.05) is 13.5 Å².